The van der Waals surface area contributed by atoms with Crippen LogP contribution >= 0.6 is 0 Å². The van der Waals surface area contributed by atoms with Gasteiger partial charge in [0.25, 0.3) is 0 Å². The Hall–Kier alpha value is -3.92. The van der Waals surface area contributed by atoms with Crippen molar-refractivity contribution in [3.63, 3.8) is 0 Å². The molecule has 6 atom stereocenters. The molecule has 2 aromatic rings. The zero-order valence-electron chi connectivity index (χ0n) is 20.3. The molecule has 3 aliphatic rings. The predicted octanol–water partition coefficient (Wildman–Crippen LogP) is 2.82. The van der Waals surface area contributed by atoms with Gasteiger partial charge in [-0.2, -0.15) is 0 Å². The lowest BCUT2D eigenvalue weighted by molar-refractivity contribution is -0.185. The van der Waals surface area contributed by atoms with E-state index in [0.29, 0.717) is 18.4 Å². The van der Waals surface area contributed by atoms with Gasteiger partial charge in [0.2, 0.25) is 5.78 Å². The van der Waals surface area contributed by atoms with Crippen LogP contribution in [0.4, 0.5) is 0 Å². The van der Waals surface area contributed by atoms with E-state index in [1.165, 1.54) is 50.0 Å². The second-order valence-electron chi connectivity index (χ2n) is 10.2. The number of aromatic hydroxyl groups is 1. The summed E-state index contributed by atoms with van der Waals surface area (Å²) in [6.45, 7) is 1.78. The third-order valence-electron chi connectivity index (χ3n) is 8.11. The van der Waals surface area contributed by atoms with Crippen LogP contribution in [0.3, 0.4) is 0 Å². The number of Topliss-reactive ketones (excluding diaryl/α,β-unsaturated/α-hetero) is 1. The van der Waals surface area contributed by atoms with Gasteiger partial charge in [0.15, 0.2) is 5.76 Å². The number of allylic oxidation sites excluding steroid dienone is 1. The van der Waals surface area contributed by atoms with Gasteiger partial charge in [-0.3, -0.25) is 14.4 Å². The Morgan fingerprint density at radius 1 is 1.16 bits per heavy atom. The number of benzene rings is 1. The van der Waals surface area contributed by atoms with Crippen molar-refractivity contribution in [3.05, 3.63) is 65.8 Å². The second kappa shape index (κ2) is 8.88. The molecule has 1 saturated carbocycles. The molecule has 1 aliphatic heterocycles. The standard InChI is InChI=1S/C27H27NO9/c1-26-9-7-17-25(33)37-20(15-8-10-35-13-15)12-27(17,28)22(26)21(30)19(11-18(26)24(32)34-2)36-23(31)14-3-5-16(29)6-4-14/h3-6,8,10-11,13,17-18,20,22,29H,7,9,12,28H2,1-2H3/t17-,18-,20-,22-,26-,27+/m0/s1. The molecule has 1 aromatic carbocycles. The van der Waals surface area contributed by atoms with E-state index in [4.69, 9.17) is 24.4 Å². The first-order valence-corrected chi connectivity index (χ1v) is 11.9. The smallest absolute Gasteiger partial charge is 0.343 e. The van der Waals surface area contributed by atoms with Crippen LogP contribution in [0.25, 0.3) is 0 Å². The third kappa shape index (κ3) is 3.92. The van der Waals surface area contributed by atoms with Crippen LogP contribution in [0.1, 0.15) is 48.2 Å². The number of ketones is 1. The van der Waals surface area contributed by atoms with E-state index in [0.717, 1.165) is 0 Å². The number of cyclic esters (lactones) is 1. The van der Waals surface area contributed by atoms with E-state index in [9.17, 15) is 24.3 Å². The summed E-state index contributed by atoms with van der Waals surface area (Å²) in [5.41, 5.74) is 5.32. The minimum atomic E-state index is -1.39. The number of esters is 3. The van der Waals surface area contributed by atoms with Crippen LogP contribution in [0.2, 0.25) is 0 Å². The van der Waals surface area contributed by atoms with Crippen molar-refractivity contribution in [2.45, 2.75) is 37.8 Å². The first-order chi connectivity index (χ1) is 17.6. The fraction of sp³-hybridized carbons (Fsp3) is 0.407. The Kier molecular flexibility index (Phi) is 5.94. The number of fused-ring (bicyclic) bond motifs is 3. The molecule has 0 bridgehead atoms. The Balaban J connectivity index is 1.56. The van der Waals surface area contributed by atoms with Gasteiger partial charge in [-0.05, 0) is 54.7 Å². The molecule has 2 heterocycles. The van der Waals surface area contributed by atoms with Crippen LogP contribution in [0.15, 0.2) is 59.1 Å². The molecule has 10 nitrogen and oxygen atoms in total. The summed E-state index contributed by atoms with van der Waals surface area (Å²) in [5.74, 6) is -5.70. The van der Waals surface area contributed by atoms with Crippen LogP contribution < -0.4 is 5.73 Å². The molecular formula is C27H27NO9. The lowest BCUT2D eigenvalue weighted by Gasteiger charge is -2.58. The summed E-state index contributed by atoms with van der Waals surface area (Å²) >= 11 is 0. The van der Waals surface area contributed by atoms with E-state index in [1.54, 1.807) is 13.0 Å². The largest absolute Gasteiger partial charge is 0.508 e. The number of rotatable bonds is 4. The summed E-state index contributed by atoms with van der Waals surface area (Å²) < 4.78 is 21.4. The number of hydrogen-bond acceptors (Lipinski definition) is 10. The maximum Gasteiger partial charge on any atom is 0.343 e. The van der Waals surface area contributed by atoms with E-state index in [1.807, 2.05) is 0 Å². The number of hydrogen-bond donors (Lipinski definition) is 2. The zero-order chi connectivity index (χ0) is 26.5. The van der Waals surface area contributed by atoms with Gasteiger partial charge in [-0.25, -0.2) is 4.79 Å². The zero-order valence-corrected chi connectivity index (χ0v) is 20.3. The number of phenolic OH excluding ortho intramolecular Hbond substituents is 1. The highest BCUT2D eigenvalue weighted by Crippen LogP contribution is 2.60. The number of carbonyl (C=O) groups excluding carboxylic acids is 4. The van der Waals surface area contributed by atoms with Crippen molar-refractivity contribution in [3.8, 4) is 5.75 Å². The van der Waals surface area contributed by atoms with Gasteiger partial charge >= 0.3 is 17.9 Å². The highest BCUT2D eigenvalue weighted by molar-refractivity contribution is 6.03. The molecule has 1 saturated heterocycles. The Morgan fingerprint density at radius 3 is 2.54 bits per heavy atom. The number of phenols is 1. The van der Waals surface area contributed by atoms with Gasteiger partial charge < -0.3 is 29.5 Å². The second-order valence-corrected chi connectivity index (χ2v) is 10.2. The lowest BCUT2D eigenvalue weighted by Crippen LogP contribution is -2.70. The van der Waals surface area contributed by atoms with E-state index in [-0.39, 0.29) is 23.5 Å². The quantitative estimate of drug-likeness (QED) is 0.464. The molecule has 2 aliphatic carbocycles. The first kappa shape index (κ1) is 24.8. The monoisotopic (exact) mass is 509 g/mol. The summed E-state index contributed by atoms with van der Waals surface area (Å²) in [6.07, 6.45) is 4.24. The minimum Gasteiger partial charge on any atom is -0.508 e. The molecule has 10 heteroatoms. The number of methoxy groups -OCH3 is 1. The number of nitrogens with two attached hydrogens (primary N) is 1. The molecule has 3 N–H and O–H groups in total. The third-order valence-corrected chi connectivity index (χ3v) is 8.11. The molecule has 1 aromatic heterocycles. The fourth-order valence-corrected chi connectivity index (χ4v) is 6.26. The van der Waals surface area contributed by atoms with E-state index in [2.05, 4.69) is 0 Å². The average molecular weight is 510 g/mol. The number of furan rings is 1. The highest BCUT2D eigenvalue weighted by atomic mass is 16.6. The summed E-state index contributed by atoms with van der Waals surface area (Å²) in [5, 5.41) is 9.51. The van der Waals surface area contributed by atoms with Gasteiger partial charge in [-0.15, -0.1) is 0 Å². The first-order valence-electron chi connectivity index (χ1n) is 11.9. The van der Waals surface area contributed by atoms with E-state index >= 15 is 0 Å². The molecule has 194 valence electrons. The van der Waals surface area contributed by atoms with Crippen LogP contribution in [-0.2, 0) is 28.6 Å². The summed E-state index contributed by atoms with van der Waals surface area (Å²) in [6, 6.07) is 6.98. The maximum atomic E-state index is 14.0. The van der Waals surface area contributed by atoms with Crippen LogP contribution in [0, 0.1) is 23.2 Å². The SMILES string of the molecule is COC(=O)[C@@H]1C=C(OC(=O)c2ccc(O)cc2)C(=O)[C@H]2[C@@]1(C)CC[C@H]1C(=O)O[C@H](c3ccoc3)C[C@@]12N. The van der Waals surface area contributed by atoms with Crippen LogP contribution in [-0.4, -0.2) is 41.4 Å². The number of ether oxygens (including phenoxy) is 3. The lowest BCUT2D eigenvalue weighted by atomic mass is 9.47. The molecule has 0 spiro atoms. The topological polar surface area (TPSA) is 155 Å². The molecule has 5 rings (SSSR count). The minimum absolute atomic E-state index is 0.0410. The fourth-order valence-electron chi connectivity index (χ4n) is 6.26. The van der Waals surface area contributed by atoms with Crippen molar-refractivity contribution < 1.29 is 42.9 Å². The van der Waals surface area contributed by atoms with Crippen molar-refractivity contribution >= 4 is 23.7 Å². The Bertz CT molecular complexity index is 1280. The van der Waals surface area contributed by atoms with Gasteiger partial charge in [0, 0.05) is 17.5 Å². The summed E-state index contributed by atoms with van der Waals surface area (Å²) in [7, 11) is 1.24. The van der Waals surface area contributed by atoms with Gasteiger partial charge in [-0.1, -0.05) is 6.92 Å². The molecule has 2 fully saturated rings. The molecule has 0 unspecified atom stereocenters. The molecule has 0 radical (unpaired) electrons. The highest BCUT2D eigenvalue weighted by Gasteiger charge is 2.67. The van der Waals surface area contributed by atoms with Crippen molar-refractivity contribution in [1.29, 1.82) is 0 Å². The maximum absolute atomic E-state index is 14.0. The molecule has 37 heavy (non-hydrogen) atoms. The van der Waals surface area contributed by atoms with E-state index < -0.39 is 58.5 Å². The van der Waals surface area contributed by atoms with Gasteiger partial charge in [0.1, 0.15) is 11.9 Å². The van der Waals surface area contributed by atoms with Crippen LogP contribution in [0.5, 0.6) is 5.75 Å². The Labute approximate surface area is 212 Å². The number of carbonyl (C=O) groups is 4. The Morgan fingerprint density at radius 2 is 1.89 bits per heavy atom. The molecule has 0 amide bonds. The van der Waals surface area contributed by atoms with Crippen molar-refractivity contribution in [2.24, 2.45) is 28.9 Å². The molecular weight excluding hydrogens is 482 g/mol. The summed E-state index contributed by atoms with van der Waals surface area (Å²) in [4.78, 5) is 52.9. The predicted molar refractivity (Wildman–Crippen MR) is 126 cm³/mol. The van der Waals surface area contributed by atoms with Crippen molar-refractivity contribution in [1.82, 2.24) is 0 Å². The van der Waals surface area contributed by atoms with Gasteiger partial charge in [0.05, 0.1) is 43.0 Å². The normalized spacial score (nSPS) is 32.9. The average Bonchev–Trinajstić information content (AvgIpc) is 3.40. The van der Waals surface area contributed by atoms with Crippen molar-refractivity contribution in [2.75, 3.05) is 7.11 Å².